The summed E-state index contributed by atoms with van der Waals surface area (Å²) in [7, 11) is 0. The summed E-state index contributed by atoms with van der Waals surface area (Å²) in [4.78, 5) is 12.1. The number of benzene rings is 2. The Hall–Kier alpha value is -3.46. The molecule has 0 radical (unpaired) electrons. The van der Waals surface area contributed by atoms with E-state index in [0.29, 0.717) is 23.4 Å². The normalized spacial score (nSPS) is 10.2. The number of halogens is 1. The summed E-state index contributed by atoms with van der Waals surface area (Å²) < 4.78 is 18.0. The molecule has 1 N–H and O–H groups in total. The minimum Gasteiger partial charge on any atom is -0.355 e. The van der Waals surface area contributed by atoms with E-state index in [0.717, 1.165) is 5.56 Å². The largest absolute Gasteiger partial charge is 0.355 e. The van der Waals surface area contributed by atoms with Gasteiger partial charge in [-0.25, -0.2) is 4.39 Å². The van der Waals surface area contributed by atoms with Gasteiger partial charge in [-0.05, 0) is 42.0 Å². The summed E-state index contributed by atoms with van der Waals surface area (Å²) in [5, 5.41) is 15.2. The van der Waals surface area contributed by atoms with Crippen LogP contribution in [0.2, 0.25) is 0 Å². The third-order valence-corrected chi connectivity index (χ3v) is 3.41. The molecule has 5 nitrogen and oxygen atoms in total. The SMILES string of the molecule is N#Cc1ccc(CNC(=O)c2cc(-c3ccc(F)cc3)on2)cc1. The third-order valence-electron chi connectivity index (χ3n) is 3.41. The molecule has 0 saturated heterocycles. The molecule has 0 unspecified atom stereocenters. The molecule has 0 aliphatic carbocycles. The van der Waals surface area contributed by atoms with Crippen molar-refractivity contribution in [1.29, 1.82) is 5.26 Å². The minimum absolute atomic E-state index is 0.142. The van der Waals surface area contributed by atoms with Crippen LogP contribution in [0.15, 0.2) is 59.1 Å². The first kappa shape index (κ1) is 15.4. The summed E-state index contributed by atoms with van der Waals surface area (Å²) >= 11 is 0. The maximum Gasteiger partial charge on any atom is 0.273 e. The molecular formula is C18H12FN3O2. The molecule has 0 atom stereocenters. The van der Waals surface area contributed by atoms with Gasteiger partial charge < -0.3 is 9.84 Å². The number of carbonyl (C=O) groups excluding carboxylic acids is 1. The van der Waals surface area contributed by atoms with E-state index in [-0.39, 0.29) is 17.4 Å². The molecule has 2 aromatic carbocycles. The monoisotopic (exact) mass is 321 g/mol. The highest BCUT2D eigenvalue weighted by atomic mass is 19.1. The number of amides is 1. The topological polar surface area (TPSA) is 78.9 Å². The number of rotatable bonds is 4. The van der Waals surface area contributed by atoms with Gasteiger partial charge in [0.2, 0.25) is 0 Å². The average Bonchev–Trinajstić information content (AvgIpc) is 3.11. The maximum atomic E-state index is 12.9. The molecule has 3 aromatic rings. The fraction of sp³-hybridized carbons (Fsp3) is 0.0556. The van der Waals surface area contributed by atoms with Crippen molar-refractivity contribution in [2.75, 3.05) is 0 Å². The van der Waals surface area contributed by atoms with Crippen LogP contribution in [0.4, 0.5) is 4.39 Å². The fourth-order valence-corrected chi connectivity index (χ4v) is 2.10. The van der Waals surface area contributed by atoms with Crippen LogP contribution in [-0.4, -0.2) is 11.1 Å². The molecule has 0 spiro atoms. The number of nitrogens with one attached hydrogen (secondary N) is 1. The van der Waals surface area contributed by atoms with Gasteiger partial charge in [-0.2, -0.15) is 5.26 Å². The van der Waals surface area contributed by atoms with Crippen molar-refractivity contribution in [3.8, 4) is 17.4 Å². The molecule has 24 heavy (non-hydrogen) atoms. The molecule has 0 aliphatic heterocycles. The number of hydrogen-bond acceptors (Lipinski definition) is 4. The summed E-state index contributed by atoms with van der Waals surface area (Å²) in [5.74, 6) is -0.339. The van der Waals surface area contributed by atoms with Crippen molar-refractivity contribution < 1.29 is 13.7 Å². The number of nitriles is 1. The van der Waals surface area contributed by atoms with Gasteiger partial charge in [0, 0.05) is 18.2 Å². The van der Waals surface area contributed by atoms with Crippen molar-refractivity contribution >= 4 is 5.91 Å². The Morgan fingerprint density at radius 2 is 1.88 bits per heavy atom. The lowest BCUT2D eigenvalue weighted by Gasteiger charge is -2.02. The molecular weight excluding hydrogens is 309 g/mol. The van der Waals surface area contributed by atoms with E-state index >= 15 is 0 Å². The van der Waals surface area contributed by atoms with Gasteiger partial charge in [-0.1, -0.05) is 17.3 Å². The van der Waals surface area contributed by atoms with Crippen LogP contribution in [0.5, 0.6) is 0 Å². The molecule has 0 fully saturated rings. The first-order valence-electron chi connectivity index (χ1n) is 7.15. The first-order valence-corrected chi connectivity index (χ1v) is 7.15. The van der Waals surface area contributed by atoms with Crippen molar-refractivity contribution in [1.82, 2.24) is 10.5 Å². The van der Waals surface area contributed by atoms with Crippen molar-refractivity contribution in [3.05, 3.63) is 77.2 Å². The van der Waals surface area contributed by atoms with Crippen LogP contribution >= 0.6 is 0 Å². The molecule has 118 valence electrons. The van der Waals surface area contributed by atoms with E-state index in [1.54, 1.807) is 36.4 Å². The van der Waals surface area contributed by atoms with E-state index in [1.807, 2.05) is 6.07 Å². The zero-order chi connectivity index (χ0) is 16.9. The molecule has 1 heterocycles. The number of aromatic nitrogens is 1. The van der Waals surface area contributed by atoms with E-state index in [4.69, 9.17) is 9.78 Å². The van der Waals surface area contributed by atoms with Crippen LogP contribution < -0.4 is 5.32 Å². The number of hydrogen-bond donors (Lipinski definition) is 1. The average molecular weight is 321 g/mol. The smallest absolute Gasteiger partial charge is 0.273 e. The lowest BCUT2D eigenvalue weighted by atomic mass is 10.1. The Morgan fingerprint density at radius 1 is 1.17 bits per heavy atom. The predicted molar refractivity (Wildman–Crippen MR) is 84.2 cm³/mol. The quantitative estimate of drug-likeness (QED) is 0.800. The number of nitrogens with zero attached hydrogens (tertiary/aromatic N) is 2. The van der Waals surface area contributed by atoms with E-state index in [2.05, 4.69) is 10.5 Å². The second-order valence-corrected chi connectivity index (χ2v) is 5.07. The fourth-order valence-electron chi connectivity index (χ4n) is 2.10. The van der Waals surface area contributed by atoms with Crippen LogP contribution in [0, 0.1) is 17.1 Å². The van der Waals surface area contributed by atoms with Gasteiger partial charge >= 0.3 is 0 Å². The lowest BCUT2D eigenvalue weighted by molar-refractivity contribution is 0.0942. The molecule has 6 heteroatoms. The second kappa shape index (κ2) is 6.75. The molecule has 1 aromatic heterocycles. The highest BCUT2D eigenvalue weighted by molar-refractivity contribution is 5.93. The molecule has 0 saturated carbocycles. The lowest BCUT2D eigenvalue weighted by Crippen LogP contribution is -2.22. The summed E-state index contributed by atoms with van der Waals surface area (Å²) in [6.45, 7) is 0.309. The van der Waals surface area contributed by atoms with Gasteiger partial charge in [-0.15, -0.1) is 0 Å². The molecule has 0 bridgehead atoms. The highest BCUT2D eigenvalue weighted by Crippen LogP contribution is 2.20. The zero-order valence-corrected chi connectivity index (χ0v) is 12.5. The highest BCUT2D eigenvalue weighted by Gasteiger charge is 2.13. The Morgan fingerprint density at radius 3 is 2.54 bits per heavy atom. The summed E-state index contributed by atoms with van der Waals surface area (Å²) in [6, 6.07) is 16.2. The van der Waals surface area contributed by atoms with E-state index in [9.17, 15) is 9.18 Å². The van der Waals surface area contributed by atoms with Gasteiger partial charge in [0.05, 0.1) is 11.6 Å². The third kappa shape index (κ3) is 3.47. The van der Waals surface area contributed by atoms with Crippen LogP contribution in [0.3, 0.4) is 0 Å². The van der Waals surface area contributed by atoms with Crippen LogP contribution in [-0.2, 0) is 6.54 Å². The predicted octanol–water partition coefficient (Wildman–Crippen LogP) is 3.28. The van der Waals surface area contributed by atoms with Crippen LogP contribution in [0.25, 0.3) is 11.3 Å². The first-order chi connectivity index (χ1) is 11.7. The summed E-state index contributed by atoms with van der Waals surface area (Å²) in [6.07, 6.45) is 0. The van der Waals surface area contributed by atoms with Crippen molar-refractivity contribution in [2.45, 2.75) is 6.54 Å². The Labute approximate surface area is 137 Å². The maximum absolute atomic E-state index is 12.9. The standard InChI is InChI=1S/C18H12FN3O2/c19-15-7-5-14(6-8-15)17-9-16(22-24-17)18(23)21-11-13-3-1-12(10-20)2-4-13/h1-9H,11H2,(H,21,23). The molecule has 1 amide bonds. The summed E-state index contributed by atoms with van der Waals surface area (Å²) in [5.41, 5.74) is 2.20. The van der Waals surface area contributed by atoms with Gasteiger partial charge in [-0.3, -0.25) is 4.79 Å². The minimum atomic E-state index is -0.378. The van der Waals surface area contributed by atoms with Gasteiger partial charge in [0.25, 0.3) is 5.91 Å². The molecule has 0 aliphatic rings. The van der Waals surface area contributed by atoms with Gasteiger partial charge in [0.1, 0.15) is 5.82 Å². The van der Waals surface area contributed by atoms with E-state index < -0.39 is 0 Å². The van der Waals surface area contributed by atoms with Crippen LogP contribution in [0.1, 0.15) is 21.6 Å². The Kier molecular flexibility index (Phi) is 4.34. The Bertz CT molecular complexity index is 893. The molecule has 3 rings (SSSR count). The second-order valence-electron chi connectivity index (χ2n) is 5.07. The number of carbonyl (C=O) groups is 1. The van der Waals surface area contributed by atoms with Crippen molar-refractivity contribution in [2.24, 2.45) is 0 Å². The van der Waals surface area contributed by atoms with Gasteiger partial charge in [0.15, 0.2) is 11.5 Å². The van der Waals surface area contributed by atoms with Crippen molar-refractivity contribution in [3.63, 3.8) is 0 Å². The zero-order valence-electron chi connectivity index (χ0n) is 12.5. The van der Waals surface area contributed by atoms with E-state index in [1.165, 1.54) is 18.2 Å². The Balaban J connectivity index is 1.65.